The van der Waals surface area contributed by atoms with Crippen molar-refractivity contribution in [3.63, 3.8) is 0 Å². The molecule has 2 heterocycles. The van der Waals surface area contributed by atoms with Crippen LogP contribution in [0.2, 0.25) is 5.02 Å². The van der Waals surface area contributed by atoms with Crippen LogP contribution in [-0.4, -0.2) is 43.3 Å². The lowest BCUT2D eigenvalue weighted by molar-refractivity contribution is 0.0833. The van der Waals surface area contributed by atoms with Crippen molar-refractivity contribution >= 4 is 17.7 Å². The number of hydrogen-bond acceptors (Lipinski definition) is 6. The zero-order chi connectivity index (χ0) is 26.0. The third-order valence-electron chi connectivity index (χ3n) is 6.52. The Morgan fingerprint density at radius 1 is 1.00 bits per heavy atom. The van der Waals surface area contributed by atoms with Crippen LogP contribution in [0, 0.1) is 0 Å². The number of nitrogens with zero attached hydrogens (tertiary/aromatic N) is 4. The van der Waals surface area contributed by atoms with E-state index in [1.807, 2.05) is 36.4 Å². The van der Waals surface area contributed by atoms with E-state index in [1.54, 1.807) is 24.7 Å². The summed E-state index contributed by atoms with van der Waals surface area (Å²) in [6, 6.07) is 17.6. The van der Waals surface area contributed by atoms with Gasteiger partial charge in [0.25, 0.3) is 0 Å². The van der Waals surface area contributed by atoms with Gasteiger partial charge < -0.3 is 19.9 Å². The van der Waals surface area contributed by atoms with Crippen LogP contribution in [0.3, 0.4) is 0 Å². The maximum Gasteiger partial charge on any atom is 0.404 e. The van der Waals surface area contributed by atoms with Crippen molar-refractivity contribution in [2.24, 2.45) is 0 Å². The summed E-state index contributed by atoms with van der Waals surface area (Å²) in [4.78, 5) is 16.4. The zero-order valence-electron chi connectivity index (χ0n) is 20.3. The zero-order valence-corrected chi connectivity index (χ0v) is 21.1. The lowest BCUT2D eigenvalue weighted by atomic mass is 9.78. The molecule has 1 aliphatic rings. The van der Waals surface area contributed by atoms with Crippen LogP contribution in [0.4, 0.5) is 4.79 Å². The predicted octanol–water partition coefficient (Wildman–Crippen LogP) is 5.61. The van der Waals surface area contributed by atoms with Crippen molar-refractivity contribution in [1.29, 1.82) is 0 Å². The second-order valence-electron chi connectivity index (χ2n) is 9.43. The molecular weight excluding hydrogens is 494 g/mol. The quantitative estimate of drug-likeness (QED) is 0.311. The molecular formula is C27H26ClN5O4. The Balaban J connectivity index is 1.21. The van der Waals surface area contributed by atoms with Crippen LogP contribution >= 0.6 is 11.6 Å². The van der Waals surface area contributed by atoms with Crippen molar-refractivity contribution in [2.45, 2.75) is 44.2 Å². The fraction of sp³-hybridized carbons (Fsp3) is 0.259. The Kier molecular flexibility index (Phi) is 6.71. The first-order valence-corrected chi connectivity index (χ1v) is 12.2. The minimum atomic E-state index is -0.992. The second kappa shape index (κ2) is 10.1. The summed E-state index contributed by atoms with van der Waals surface area (Å²) in [5.41, 5.74) is 2.03. The van der Waals surface area contributed by atoms with Gasteiger partial charge in [-0.25, -0.2) is 9.78 Å². The van der Waals surface area contributed by atoms with Gasteiger partial charge in [0, 0.05) is 30.4 Å². The fourth-order valence-electron chi connectivity index (χ4n) is 4.28. The van der Waals surface area contributed by atoms with Gasteiger partial charge in [-0.05, 0) is 35.4 Å². The van der Waals surface area contributed by atoms with Gasteiger partial charge in [-0.3, -0.25) is 0 Å². The Morgan fingerprint density at radius 2 is 1.59 bits per heavy atom. The summed E-state index contributed by atoms with van der Waals surface area (Å²) in [5, 5.41) is 19.7. The number of ether oxygens (including phenoxy) is 2. The van der Waals surface area contributed by atoms with Crippen LogP contribution < -0.4 is 14.8 Å². The molecule has 0 aliphatic heterocycles. The summed E-state index contributed by atoms with van der Waals surface area (Å²) < 4.78 is 11.9. The second-order valence-corrected chi connectivity index (χ2v) is 9.84. The van der Waals surface area contributed by atoms with Gasteiger partial charge in [0.05, 0.1) is 23.6 Å². The van der Waals surface area contributed by atoms with Crippen LogP contribution in [0.25, 0.3) is 5.82 Å². The van der Waals surface area contributed by atoms with Gasteiger partial charge in [-0.15, -0.1) is 4.80 Å². The van der Waals surface area contributed by atoms with Crippen LogP contribution in [0.5, 0.6) is 17.2 Å². The molecule has 10 heteroatoms. The average Bonchev–Trinajstić information content (AvgIpc) is 3.38. The molecule has 9 nitrogen and oxygen atoms in total. The first-order chi connectivity index (χ1) is 17.8. The van der Waals surface area contributed by atoms with Crippen molar-refractivity contribution in [2.75, 3.05) is 0 Å². The van der Waals surface area contributed by atoms with Crippen LogP contribution in [0.15, 0.2) is 73.2 Å². The molecule has 0 bridgehead atoms. The van der Waals surface area contributed by atoms with E-state index < -0.39 is 6.09 Å². The third-order valence-corrected chi connectivity index (χ3v) is 6.80. The molecule has 1 saturated carbocycles. The van der Waals surface area contributed by atoms with Crippen molar-refractivity contribution in [3.8, 4) is 23.1 Å². The van der Waals surface area contributed by atoms with E-state index in [1.165, 1.54) is 4.80 Å². The molecule has 1 amide bonds. The highest BCUT2D eigenvalue weighted by Crippen LogP contribution is 2.35. The number of hydrogen-bond donors (Lipinski definition) is 2. The van der Waals surface area contributed by atoms with Gasteiger partial charge in [0.15, 0.2) is 5.82 Å². The van der Waals surface area contributed by atoms with Gasteiger partial charge in [-0.1, -0.05) is 49.7 Å². The van der Waals surface area contributed by atoms with Gasteiger partial charge in [-0.2, -0.15) is 10.2 Å². The molecule has 0 atom stereocenters. The number of carbonyl (C=O) groups is 1. The lowest BCUT2D eigenvalue weighted by Crippen LogP contribution is -2.48. The molecule has 1 fully saturated rings. The number of nitrogens with one attached hydrogen (secondary N) is 1. The molecule has 37 heavy (non-hydrogen) atoms. The Hall–Kier alpha value is -4.11. The molecule has 2 N–H and O–H groups in total. The largest absolute Gasteiger partial charge is 0.490 e. The molecule has 190 valence electrons. The lowest BCUT2D eigenvalue weighted by Gasteiger charge is -2.35. The Morgan fingerprint density at radius 3 is 2.16 bits per heavy atom. The Bertz CT molecular complexity index is 1370. The average molecular weight is 520 g/mol. The molecule has 4 aromatic rings. The number of aromatic nitrogens is 4. The summed E-state index contributed by atoms with van der Waals surface area (Å²) in [6.07, 6.45) is 5.10. The first kappa shape index (κ1) is 24.6. The summed E-state index contributed by atoms with van der Waals surface area (Å²) in [5.74, 6) is 2.39. The van der Waals surface area contributed by atoms with Gasteiger partial charge >= 0.3 is 6.09 Å². The molecule has 2 aromatic heterocycles. The molecule has 0 radical (unpaired) electrons. The summed E-state index contributed by atoms with van der Waals surface area (Å²) >= 11 is 6.34. The minimum Gasteiger partial charge on any atom is -0.490 e. The maximum absolute atomic E-state index is 10.7. The SMILES string of the molecule is CC(C)(c1ccc(Oc2cnc(-n3nccn3)c(Cl)c2)cc1)c1ccc(O[C@H]2C[C@H](NC(=O)O)C2)cc1. The number of halogens is 1. The Labute approximate surface area is 219 Å². The van der Waals surface area contributed by atoms with E-state index in [9.17, 15) is 4.79 Å². The van der Waals surface area contributed by atoms with E-state index in [0.717, 1.165) is 16.9 Å². The number of pyridine rings is 1. The van der Waals surface area contributed by atoms with E-state index >= 15 is 0 Å². The number of amides is 1. The standard InChI is InChI=1S/C27H26ClN5O4/c1-27(2,17-3-7-20(8-4-17)36-22-13-19(14-22)32-26(34)35)18-5-9-21(10-6-18)37-23-15-24(28)25(29-16-23)33-30-11-12-31-33/h3-12,15-16,19,22,32H,13-14H2,1-2H3,(H,34,35)/t19-,22-. The van der Waals surface area contributed by atoms with E-state index in [2.05, 4.69) is 46.5 Å². The highest BCUT2D eigenvalue weighted by molar-refractivity contribution is 6.32. The smallest absolute Gasteiger partial charge is 0.404 e. The highest BCUT2D eigenvalue weighted by Gasteiger charge is 2.32. The van der Waals surface area contributed by atoms with Gasteiger partial charge in [0.2, 0.25) is 0 Å². The van der Waals surface area contributed by atoms with Crippen molar-refractivity contribution < 1.29 is 19.4 Å². The molecule has 5 rings (SSSR count). The van der Waals surface area contributed by atoms with Crippen molar-refractivity contribution in [3.05, 3.63) is 89.3 Å². The third kappa shape index (κ3) is 5.51. The first-order valence-electron chi connectivity index (χ1n) is 11.9. The molecule has 0 unspecified atom stereocenters. The molecule has 1 aliphatic carbocycles. The molecule has 0 spiro atoms. The fourth-order valence-corrected chi connectivity index (χ4v) is 4.51. The highest BCUT2D eigenvalue weighted by atomic mass is 35.5. The summed E-state index contributed by atoms with van der Waals surface area (Å²) in [7, 11) is 0. The summed E-state index contributed by atoms with van der Waals surface area (Å²) in [6.45, 7) is 4.33. The maximum atomic E-state index is 10.7. The topological polar surface area (TPSA) is 111 Å². The van der Waals surface area contributed by atoms with Crippen LogP contribution in [-0.2, 0) is 5.41 Å². The van der Waals surface area contributed by atoms with E-state index in [0.29, 0.717) is 35.2 Å². The number of rotatable bonds is 8. The normalized spacial score (nSPS) is 17.1. The van der Waals surface area contributed by atoms with Gasteiger partial charge in [0.1, 0.15) is 23.4 Å². The van der Waals surface area contributed by atoms with Crippen LogP contribution in [0.1, 0.15) is 37.8 Å². The molecule has 0 saturated heterocycles. The number of carboxylic acid groups (broad SMARTS) is 1. The number of benzene rings is 2. The predicted molar refractivity (Wildman–Crippen MR) is 138 cm³/mol. The minimum absolute atomic E-state index is 0.0281. The monoisotopic (exact) mass is 519 g/mol. The van der Waals surface area contributed by atoms with E-state index in [-0.39, 0.29) is 17.6 Å². The molecule has 2 aromatic carbocycles. The van der Waals surface area contributed by atoms with E-state index in [4.69, 9.17) is 26.2 Å². The van der Waals surface area contributed by atoms with Crippen molar-refractivity contribution in [1.82, 2.24) is 25.3 Å².